The SMILES string of the molecule is CN(CC1CCC1)S(=O)(=O)N1CCCCC1CCl. The molecule has 4 nitrogen and oxygen atoms in total. The molecule has 1 heterocycles. The molecule has 0 radical (unpaired) electrons. The predicted molar refractivity (Wildman–Crippen MR) is 74.0 cm³/mol. The quantitative estimate of drug-likeness (QED) is 0.728. The fourth-order valence-electron chi connectivity index (χ4n) is 2.74. The highest BCUT2D eigenvalue weighted by atomic mass is 35.5. The van der Waals surface area contributed by atoms with Crippen LogP contribution in [-0.4, -0.2) is 49.1 Å². The Hall–Kier alpha value is 0.160. The van der Waals surface area contributed by atoms with Crippen LogP contribution < -0.4 is 0 Å². The summed E-state index contributed by atoms with van der Waals surface area (Å²) in [7, 11) is -1.61. The maximum atomic E-state index is 12.5. The Balaban J connectivity index is 2.02. The molecule has 0 aromatic rings. The molecule has 2 aliphatic rings. The van der Waals surface area contributed by atoms with E-state index in [1.165, 1.54) is 23.6 Å². The first kappa shape index (κ1) is 14.6. The van der Waals surface area contributed by atoms with Gasteiger partial charge in [0, 0.05) is 32.1 Å². The molecule has 0 spiro atoms. The van der Waals surface area contributed by atoms with Gasteiger partial charge in [-0.2, -0.15) is 17.0 Å². The van der Waals surface area contributed by atoms with Crippen LogP contribution in [0, 0.1) is 5.92 Å². The van der Waals surface area contributed by atoms with E-state index in [1.54, 1.807) is 11.4 Å². The summed E-state index contributed by atoms with van der Waals surface area (Å²) in [6.45, 7) is 1.28. The number of alkyl halides is 1. The third-order valence-electron chi connectivity index (χ3n) is 4.18. The number of hydrogen-bond donors (Lipinski definition) is 0. The fourth-order valence-corrected chi connectivity index (χ4v) is 4.82. The van der Waals surface area contributed by atoms with Crippen molar-refractivity contribution in [1.29, 1.82) is 0 Å². The highest BCUT2D eigenvalue weighted by Crippen LogP contribution is 2.29. The molecule has 1 aliphatic carbocycles. The first-order chi connectivity index (χ1) is 8.55. The van der Waals surface area contributed by atoms with E-state index in [0.717, 1.165) is 19.3 Å². The van der Waals surface area contributed by atoms with Crippen LogP contribution in [-0.2, 0) is 10.2 Å². The zero-order valence-electron chi connectivity index (χ0n) is 11.0. The van der Waals surface area contributed by atoms with Gasteiger partial charge in [-0.25, -0.2) is 0 Å². The molecular weight excluding hydrogens is 272 g/mol. The highest BCUT2D eigenvalue weighted by Gasteiger charge is 2.35. The molecule has 1 unspecified atom stereocenters. The van der Waals surface area contributed by atoms with E-state index in [4.69, 9.17) is 11.6 Å². The summed E-state index contributed by atoms with van der Waals surface area (Å²) in [4.78, 5) is 0. The van der Waals surface area contributed by atoms with E-state index in [2.05, 4.69) is 0 Å². The summed E-state index contributed by atoms with van der Waals surface area (Å²) in [5, 5.41) is 0. The van der Waals surface area contributed by atoms with E-state index < -0.39 is 10.2 Å². The largest absolute Gasteiger partial charge is 0.282 e. The van der Waals surface area contributed by atoms with Crippen LogP contribution >= 0.6 is 11.6 Å². The number of hydrogen-bond acceptors (Lipinski definition) is 2. The molecule has 2 fully saturated rings. The summed E-state index contributed by atoms with van der Waals surface area (Å²) >= 11 is 5.91. The van der Waals surface area contributed by atoms with Crippen LogP contribution in [0.3, 0.4) is 0 Å². The van der Waals surface area contributed by atoms with E-state index in [9.17, 15) is 8.42 Å². The summed E-state index contributed by atoms with van der Waals surface area (Å²) < 4.78 is 28.2. The summed E-state index contributed by atoms with van der Waals surface area (Å²) in [5.41, 5.74) is 0. The number of halogens is 1. The average molecular weight is 295 g/mol. The number of rotatable bonds is 5. The van der Waals surface area contributed by atoms with Gasteiger partial charge in [-0.3, -0.25) is 0 Å². The van der Waals surface area contributed by atoms with Gasteiger partial charge in [0.05, 0.1) is 0 Å². The average Bonchev–Trinajstić information content (AvgIpc) is 2.33. The standard InChI is InChI=1S/C12H23ClN2O2S/c1-14(10-11-5-4-6-11)18(16,17)15-8-3-2-7-12(15)9-13/h11-12H,2-10H2,1H3. The number of piperidine rings is 1. The Morgan fingerprint density at radius 2 is 1.94 bits per heavy atom. The van der Waals surface area contributed by atoms with E-state index in [1.807, 2.05) is 0 Å². The lowest BCUT2D eigenvalue weighted by atomic mass is 9.86. The maximum absolute atomic E-state index is 12.5. The van der Waals surface area contributed by atoms with Crippen LogP contribution in [0.5, 0.6) is 0 Å². The molecule has 0 amide bonds. The van der Waals surface area contributed by atoms with Crippen LogP contribution in [0.1, 0.15) is 38.5 Å². The molecule has 106 valence electrons. The molecule has 0 aromatic heterocycles. The zero-order valence-corrected chi connectivity index (χ0v) is 12.6. The Morgan fingerprint density at radius 3 is 2.50 bits per heavy atom. The first-order valence-electron chi connectivity index (χ1n) is 6.84. The topological polar surface area (TPSA) is 40.6 Å². The normalized spacial score (nSPS) is 27.4. The van der Waals surface area contributed by atoms with Crippen molar-refractivity contribution in [3.05, 3.63) is 0 Å². The number of nitrogens with zero attached hydrogens (tertiary/aromatic N) is 2. The van der Waals surface area contributed by atoms with Crippen molar-refractivity contribution >= 4 is 21.8 Å². The third kappa shape index (κ3) is 3.00. The zero-order chi connectivity index (χ0) is 13.2. The second kappa shape index (κ2) is 6.07. The van der Waals surface area contributed by atoms with E-state index >= 15 is 0 Å². The van der Waals surface area contributed by atoms with Gasteiger partial charge < -0.3 is 0 Å². The second-order valence-corrected chi connectivity index (χ2v) is 7.80. The van der Waals surface area contributed by atoms with Crippen molar-refractivity contribution in [1.82, 2.24) is 8.61 Å². The van der Waals surface area contributed by atoms with Crippen molar-refractivity contribution in [3.8, 4) is 0 Å². The summed E-state index contributed by atoms with van der Waals surface area (Å²) in [6.07, 6.45) is 6.49. The van der Waals surface area contributed by atoms with Gasteiger partial charge in [-0.1, -0.05) is 12.8 Å². The second-order valence-electron chi connectivity index (χ2n) is 5.50. The van der Waals surface area contributed by atoms with Gasteiger partial charge in [-0.15, -0.1) is 11.6 Å². The van der Waals surface area contributed by atoms with Crippen molar-refractivity contribution in [2.45, 2.75) is 44.6 Å². The first-order valence-corrected chi connectivity index (χ1v) is 8.78. The van der Waals surface area contributed by atoms with Crippen molar-refractivity contribution in [3.63, 3.8) is 0 Å². The monoisotopic (exact) mass is 294 g/mol. The molecule has 6 heteroatoms. The molecule has 0 bridgehead atoms. The maximum Gasteiger partial charge on any atom is 0.282 e. The molecule has 1 saturated carbocycles. The van der Waals surface area contributed by atoms with E-state index in [-0.39, 0.29) is 6.04 Å². The molecule has 18 heavy (non-hydrogen) atoms. The lowest BCUT2D eigenvalue weighted by Gasteiger charge is -2.38. The molecule has 2 rings (SSSR count). The highest BCUT2D eigenvalue weighted by molar-refractivity contribution is 7.86. The summed E-state index contributed by atoms with van der Waals surface area (Å²) in [5.74, 6) is 0.959. The van der Waals surface area contributed by atoms with Gasteiger partial charge in [0.15, 0.2) is 0 Å². The van der Waals surface area contributed by atoms with Crippen LogP contribution in [0.4, 0.5) is 0 Å². The van der Waals surface area contributed by atoms with Crippen LogP contribution in [0.2, 0.25) is 0 Å². The molecular formula is C12H23ClN2O2S. The molecule has 1 atom stereocenters. The Morgan fingerprint density at radius 1 is 1.22 bits per heavy atom. The lowest BCUT2D eigenvalue weighted by molar-refractivity contribution is 0.225. The molecule has 1 saturated heterocycles. The van der Waals surface area contributed by atoms with Gasteiger partial charge in [0.1, 0.15) is 0 Å². The van der Waals surface area contributed by atoms with Gasteiger partial charge in [0.2, 0.25) is 0 Å². The minimum Gasteiger partial charge on any atom is -0.195 e. The van der Waals surface area contributed by atoms with E-state index in [0.29, 0.717) is 24.9 Å². The lowest BCUT2D eigenvalue weighted by Crippen LogP contribution is -2.51. The van der Waals surface area contributed by atoms with Crippen molar-refractivity contribution in [2.24, 2.45) is 5.92 Å². The predicted octanol–water partition coefficient (Wildman–Crippen LogP) is 2.06. The van der Waals surface area contributed by atoms with Gasteiger partial charge in [0.25, 0.3) is 10.2 Å². The smallest absolute Gasteiger partial charge is 0.195 e. The minimum atomic E-state index is -3.31. The van der Waals surface area contributed by atoms with Crippen LogP contribution in [0.25, 0.3) is 0 Å². The Bertz CT molecular complexity index is 370. The fraction of sp³-hybridized carbons (Fsp3) is 1.00. The van der Waals surface area contributed by atoms with Gasteiger partial charge in [-0.05, 0) is 31.6 Å². The Labute approximate surface area is 115 Å². The van der Waals surface area contributed by atoms with Crippen LogP contribution in [0.15, 0.2) is 0 Å². The summed E-state index contributed by atoms with van der Waals surface area (Å²) in [6, 6.07) is -0.0192. The third-order valence-corrected chi connectivity index (χ3v) is 6.55. The Kier molecular flexibility index (Phi) is 4.92. The van der Waals surface area contributed by atoms with Crippen molar-refractivity contribution < 1.29 is 8.42 Å². The molecule has 0 N–H and O–H groups in total. The molecule has 1 aliphatic heterocycles. The van der Waals surface area contributed by atoms with Gasteiger partial charge >= 0.3 is 0 Å². The minimum absolute atomic E-state index is 0.0192. The van der Waals surface area contributed by atoms with Crippen molar-refractivity contribution in [2.75, 3.05) is 26.0 Å². The molecule has 0 aromatic carbocycles.